The van der Waals surface area contributed by atoms with Gasteiger partial charge in [0.2, 0.25) is 0 Å². The monoisotopic (exact) mass is 1100 g/mol. The standard InChI is InChI=1S/C49H45N2O.C14H16NSi.Ir/c1-29(2)36-25-32(31-17-10-9-11-18-31)26-37(30(3)4)45(36)51-43-24-15-14-23-42(43)50-47(51)35-21-16-20-34-39-27-41-38(28-44(39)52-46(34)35)33-19-12-13-22-40(33)48(5,6)49(41,7)8;1-16(2,3)13-9-10-14(15-11-13)12-7-5-4-6-8-12;/h9-20,22-30H,1-8H3;4-7,9-11H,1-3H3;/q2*-1;. The molecule has 1 aliphatic rings. The molecule has 3 aromatic heterocycles. The Bertz CT molecular complexity index is 3450. The average Bonchev–Trinajstić information content (AvgIpc) is 3.91. The van der Waals surface area contributed by atoms with E-state index in [0.717, 1.165) is 55.6 Å². The second kappa shape index (κ2) is 18.3. The van der Waals surface area contributed by atoms with Crippen LogP contribution in [0.5, 0.6) is 0 Å². The molecule has 0 aliphatic heterocycles. The van der Waals surface area contributed by atoms with Crippen LogP contribution >= 0.6 is 0 Å². The molecule has 0 N–H and O–H groups in total. The molecule has 0 fully saturated rings. The molecular weight excluding hydrogens is 1040 g/mol. The number of furan rings is 1. The molecule has 69 heavy (non-hydrogen) atoms. The minimum atomic E-state index is -1.23. The quantitative estimate of drug-likeness (QED) is 0.118. The van der Waals surface area contributed by atoms with Gasteiger partial charge in [-0.1, -0.05) is 165 Å². The first-order valence-electron chi connectivity index (χ1n) is 24.2. The number of fused-ring (bicyclic) bond motifs is 7. The number of benzene rings is 7. The summed E-state index contributed by atoms with van der Waals surface area (Å²) in [6.45, 7) is 25.7. The molecule has 0 atom stereocenters. The van der Waals surface area contributed by atoms with Crippen LogP contribution in [0.1, 0.15) is 89.5 Å². The van der Waals surface area contributed by atoms with Gasteiger partial charge in [-0.2, -0.15) is 0 Å². The van der Waals surface area contributed by atoms with Crippen molar-refractivity contribution in [3.63, 3.8) is 0 Å². The van der Waals surface area contributed by atoms with Crippen LogP contribution in [-0.2, 0) is 30.9 Å². The number of hydrogen-bond acceptors (Lipinski definition) is 3. The molecule has 6 heteroatoms. The number of pyridine rings is 1. The van der Waals surface area contributed by atoms with Crippen LogP contribution in [0.25, 0.3) is 83.6 Å². The van der Waals surface area contributed by atoms with Crippen LogP contribution in [0.4, 0.5) is 0 Å². The fourth-order valence-corrected chi connectivity index (χ4v) is 11.2. The Kier molecular flexibility index (Phi) is 12.7. The molecule has 0 saturated heterocycles. The second-order valence-electron chi connectivity index (χ2n) is 21.3. The molecule has 1 aliphatic carbocycles. The van der Waals surface area contributed by atoms with E-state index in [4.69, 9.17) is 9.40 Å². The number of nitrogens with zero attached hydrogens (tertiary/aromatic N) is 3. The van der Waals surface area contributed by atoms with Gasteiger partial charge in [-0.3, -0.25) is 4.98 Å². The van der Waals surface area contributed by atoms with E-state index < -0.39 is 8.07 Å². The van der Waals surface area contributed by atoms with Crippen LogP contribution < -0.4 is 5.19 Å². The van der Waals surface area contributed by atoms with E-state index in [1.54, 1.807) is 0 Å². The molecule has 0 unspecified atom stereocenters. The van der Waals surface area contributed by atoms with Gasteiger partial charge in [0.1, 0.15) is 5.58 Å². The molecular formula is C63H61IrN3OSi-2. The third-order valence-electron chi connectivity index (χ3n) is 14.8. The summed E-state index contributed by atoms with van der Waals surface area (Å²) in [5.41, 5.74) is 18.1. The zero-order valence-corrected chi connectivity index (χ0v) is 45.1. The summed E-state index contributed by atoms with van der Waals surface area (Å²) in [4.78, 5) is 9.90. The van der Waals surface area contributed by atoms with E-state index in [1.165, 1.54) is 55.4 Å². The number of rotatable bonds is 7. The molecule has 0 spiro atoms. The van der Waals surface area contributed by atoms with Gasteiger partial charge in [0.25, 0.3) is 0 Å². The first-order chi connectivity index (χ1) is 32.5. The predicted octanol–water partition coefficient (Wildman–Crippen LogP) is 16.6. The minimum Gasteiger partial charge on any atom is -0.501 e. The van der Waals surface area contributed by atoms with Gasteiger partial charge in [-0.25, -0.2) is 0 Å². The summed E-state index contributed by atoms with van der Waals surface area (Å²) >= 11 is 0. The van der Waals surface area contributed by atoms with E-state index in [-0.39, 0.29) is 42.8 Å². The Morgan fingerprint density at radius 3 is 1.94 bits per heavy atom. The molecule has 349 valence electrons. The fraction of sp³-hybridized carbons (Fsp3) is 0.238. The van der Waals surface area contributed by atoms with Gasteiger partial charge in [0.15, 0.2) is 0 Å². The van der Waals surface area contributed by atoms with Gasteiger partial charge < -0.3 is 14.0 Å². The summed E-state index contributed by atoms with van der Waals surface area (Å²) in [5, 5.41) is 3.62. The van der Waals surface area contributed by atoms with Crippen LogP contribution in [0.2, 0.25) is 19.6 Å². The normalized spacial score (nSPS) is 13.8. The van der Waals surface area contributed by atoms with Gasteiger partial charge in [-0.05, 0) is 114 Å². The largest absolute Gasteiger partial charge is 0.501 e. The first-order valence-corrected chi connectivity index (χ1v) is 27.7. The SMILES string of the molecule is CC(C)c1cc(-c2ccccc2)cc(C(C)C)c1-n1c(-c2[c-]ccc3c2oc2cc4c(cc23)C(C)(C)C(C)(C)c2ccccc2-4)nc2ccccc21.C[Si](C)(C)c1ccc(-c2[c-]cccc2)nc1.[Ir]. The first kappa shape index (κ1) is 47.9. The topological polar surface area (TPSA) is 43.9 Å². The Morgan fingerprint density at radius 2 is 1.28 bits per heavy atom. The molecule has 0 amide bonds. The van der Waals surface area contributed by atoms with Crippen molar-refractivity contribution in [2.45, 2.75) is 97.7 Å². The Morgan fingerprint density at radius 1 is 0.609 bits per heavy atom. The van der Waals surface area contributed by atoms with E-state index in [1.807, 2.05) is 36.5 Å². The molecule has 7 aromatic carbocycles. The van der Waals surface area contributed by atoms with E-state index in [0.29, 0.717) is 0 Å². The smallest absolute Gasteiger partial charge is 0.121 e. The van der Waals surface area contributed by atoms with Crippen LogP contribution in [0.15, 0.2) is 162 Å². The molecule has 3 heterocycles. The fourth-order valence-electron chi connectivity index (χ4n) is 10.2. The third kappa shape index (κ3) is 8.35. The summed E-state index contributed by atoms with van der Waals surface area (Å²) in [7, 11) is -1.23. The summed E-state index contributed by atoms with van der Waals surface area (Å²) in [6, 6.07) is 60.8. The van der Waals surface area contributed by atoms with Crippen molar-refractivity contribution in [1.82, 2.24) is 14.5 Å². The van der Waals surface area contributed by atoms with Crippen LogP contribution in [-0.4, -0.2) is 22.6 Å². The maximum absolute atomic E-state index is 6.97. The second-order valence-corrected chi connectivity index (χ2v) is 26.4. The van der Waals surface area contributed by atoms with Crippen molar-refractivity contribution in [2.75, 3.05) is 0 Å². The van der Waals surface area contributed by atoms with Gasteiger partial charge in [-0.15, -0.1) is 54.1 Å². The molecule has 1 radical (unpaired) electrons. The zero-order chi connectivity index (χ0) is 47.7. The van der Waals surface area contributed by atoms with Crippen molar-refractivity contribution in [1.29, 1.82) is 0 Å². The van der Waals surface area contributed by atoms with Crippen molar-refractivity contribution >= 4 is 46.2 Å². The number of para-hydroxylation sites is 2. The van der Waals surface area contributed by atoms with Crippen molar-refractivity contribution in [3.8, 4) is 50.6 Å². The van der Waals surface area contributed by atoms with Crippen molar-refractivity contribution < 1.29 is 24.5 Å². The summed E-state index contributed by atoms with van der Waals surface area (Å²) in [6.07, 6.45) is 2.02. The summed E-state index contributed by atoms with van der Waals surface area (Å²) < 4.78 is 9.36. The van der Waals surface area contributed by atoms with E-state index in [9.17, 15) is 0 Å². The molecule has 0 saturated carbocycles. The number of imidazole rings is 1. The molecule has 10 aromatic rings. The molecule has 0 bridgehead atoms. The summed E-state index contributed by atoms with van der Waals surface area (Å²) in [5.74, 6) is 1.40. The molecule has 11 rings (SSSR count). The maximum atomic E-state index is 6.97. The van der Waals surface area contributed by atoms with Gasteiger partial charge in [0.05, 0.1) is 30.5 Å². The van der Waals surface area contributed by atoms with Crippen molar-refractivity contribution in [2.24, 2.45) is 0 Å². The van der Waals surface area contributed by atoms with Crippen LogP contribution in [0, 0.1) is 12.1 Å². The number of hydrogen-bond donors (Lipinski definition) is 0. The molecule has 4 nitrogen and oxygen atoms in total. The predicted molar refractivity (Wildman–Crippen MR) is 289 cm³/mol. The third-order valence-corrected chi connectivity index (χ3v) is 16.9. The van der Waals surface area contributed by atoms with E-state index >= 15 is 0 Å². The minimum absolute atomic E-state index is 0. The van der Waals surface area contributed by atoms with Crippen LogP contribution in [0.3, 0.4) is 0 Å². The van der Waals surface area contributed by atoms with E-state index in [2.05, 4.69) is 218 Å². The number of aromatic nitrogens is 3. The van der Waals surface area contributed by atoms with Crippen molar-refractivity contribution in [3.05, 3.63) is 192 Å². The maximum Gasteiger partial charge on any atom is 0.121 e. The Hall–Kier alpha value is -6.17. The van der Waals surface area contributed by atoms with Gasteiger partial charge in [0, 0.05) is 37.4 Å². The Labute approximate surface area is 423 Å². The average molecular weight is 1100 g/mol. The van der Waals surface area contributed by atoms with Gasteiger partial charge >= 0.3 is 0 Å². The zero-order valence-electron chi connectivity index (χ0n) is 41.7. The Balaban J connectivity index is 0.000000296.